The van der Waals surface area contributed by atoms with Crippen molar-refractivity contribution >= 4 is 5.82 Å². The van der Waals surface area contributed by atoms with Gasteiger partial charge in [0.15, 0.2) is 11.6 Å². The van der Waals surface area contributed by atoms with Crippen LogP contribution < -0.4 is 10.1 Å². The Labute approximate surface area is 122 Å². The van der Waals surface area contributed by atoms with E-state index >= 15 is 0 Å². The number of pyridine rings is 1. The highest BCUT2D eigenvalue weighted by molar-refractivity contribution is 5.49. The largest absolute Gasteiger partial charge is 0.487 e. The Kier molecular flexibility index (Phi) is 5.65. The third-order valence-corrected chi connectivity index (χ3v) is 3.73. The van der Waals surface area contributed by atoms with Crippen LogP contribution in [0.4, 0.5) is 5.82 Å². The summed E-state index contributed by atoms with van der Waals surface area (Å²) < 4.78 is 5.76. The molecule has 2 rings (SSSR count). The molecule has 1 aliphatic heterocycles. The van der Waals surface area contributed by atoms with Crippen LogP contribution in [0.1, 0.15) is 33.6 Å². The van der Waals surface area contributed by atoms with Crippen LogP contribution in [0.2, 0.25) is 0 Å². The Morgan fingerprint density at radius 2 is 2.15 bits per heavy atom. The highest BCUT2D eigenvalue weighted by atomic mass is 16.5. The van der Waals surface area contributed by atoms with Crippen molar-refractivity contribution in [1.29, 1.82) is 0 Å². The Morgan fingerprint density at radius 3 is 2.85 bits per heavy atom. The van der Waals surface area contributed by atoms with Crippen molar-refractivity contribution in [3.8, 4) is 5.75 Å². The summed E-state index contributed by atoms with van der Waals surface area (Å²) in [5.74, 6) is 2.59. The highest BCUT2D eigenvalue weighted by Crippen LogP contribution is 2.22. The van der Waals surface area contributed by atoms with Gasteiger partial charge in [-0.2, -0.15) is 0 Å². The molecule has 0 amide bonds. The first-order chi connectivity index (χ1) is 9.65. The summed E-state index contributed by atoms with van der Waals surface area (Å²) in [4.78, 5) is 6.90. The molecule has 112 valence electrons. The monoisotopic (exact) mass is 277 g/mol. The molecular weight excluding hydrogens is 250 g/mol. The van der Waals surface area contributed by atoms with Crippen LogP contribution in [0.5, 0.6) is 5.75 Å². The molecule has 1 aliphatic rings. The fourth-order valence-electron chi connectivity index (χ4n) is 2.49. The minimum absolute atomic E-state index is 0.170. The maximum atomic E-state index is 5.76. The third-order valence-electron chi connectivity index (χ3n) is 3.73. The third kappa shape index (κ3) is 4.67. The lowest BCUT2D eigenvalue weighted by atomic mass is 9.99. The zero-order valence-electron chi connectivity index (χ0n) is 12.9. The molecule has 0 unspecified atom stereocenters. The highest BCUT2D eigenvalue weighted by Gasteiger charge is 2.15. The van der Waals surface area contributed by atoms with Gasteiger partial charge >= 0.3 is 0 Å². The topological polar surface area (TPSA) is 37.4 Å². The van der Waals surface area contributed by atoms with Gasteiger partial charge < -0.3 is 15.0 Å². The number of ether oxygens (including phenoxy) is 1. The summed E-state index contributed by atoms with van der Waals surface area (Å²) in [7, 11) is 0. The second kappa shape index (κ2) is 7.48. The quantitative estimate of drug-likeness (QED) is 0.867. The van der Waals surface area contributed by atoms with Crippen molar-refractivity contribution < 1.29 is 4.74 Å². The van der Waals surface area contributed by atoms with E-state index in [-0.39, 0.29) is 6.10 Å². The SMILES string of the molecule is CC1CCN(CCNc2ncccc2OC(C)C)CC1. The van der Waals surface area contributed by atoms with Crippen molar-refractivity contribution in [2.45, 2.75) is 39.7 Å². The standard InChI is InChI=1S/C16H27N3O/c1-13(2)20-15-5-4-8-17-16(15)18-9-12-19-10-6-14(3)7-11-19/h4-5,8,13-14H,6-7,9-12H2,1-3H3,(H,17,18). The number of piperidine rings is 1. The van der Waals surface area contributed by atoms with Crippen LogP contribution in [0.3, 0.4) is 0 Å². The van der Waals surface area contributed by atoms with Gasteiger partial charge in [0.2, 0.25) is 0 Å². The van der Waals surface area contributed by atoms with Crippen LogP contribution in [0.25, 0.3) is 0 Å². The number of hydrogen-bond acceptors (Lipinski definition) is 4. The lowest BCUT2D eigenvalue weighted by molar-refractivity contribution is 0.198. The van der Waals surface area contributed by atoms with Gasteiger partial charge in [-0.3, -0.25) is 0 Å². The van der Waals surface area contributed by atoms with Crippen molar-refractivity contribution in [1.82, 2.24) is 9.88 Å². The van der Waals surface area contributed by atoms with E-state index in [0.29, 0.717) is 0 Å². The van der Waals surface area contributed by atoms with Gasteiger partial charge in [0, 0.05) is 19.3 Å². The Morgan fingerprint density at radius 1 is 1.40 bits per heavy atom. The summed E-state index contributed by atoms with van der Waals surface area (Å²) in [5, 5.41) is 3.40. The predicted octanol–water partition coefficient (Wildman–Crippen LogP) is 3.01. The second-order valence-corrected chi connectivity index (χ2v) is 5.97. The van der Waals surface area contributed by atoms with E-state index in [0.717, 1.165) is 30.6 Å². The Bertz CT molecular complexity index is 400. The zero-order chi connectivity index (χ0) is 14.4. The van der Waals surface area contributed by atoms with Gasteiger partial charge in [-0.05, 0) is 57.8 Å². The summed E-state index contributed by atoms with van der Waals surface area (Å²) in [6.45, 7) is 10.8. The molecule has 1 aromatic heterocycles. The van der Waals surface area contributed by atoms with Crippen LogP contribution in [-0.2, 0) is 0 Å². The molecule has 0 spiro atoms. The van der Waals surface area contributed by atoms with Crippen molar-refractivity contribution in [3.05, 3.63) is 18.3 Å². The molecule has 0 radical (unpaired) electrons. The molecule has 0 saturated carbocycles. The van der Waals surface area contributed by atoms with Crippen LogP contribution in [-0.4, -0.2) is 42.2 Å². The fourth-order valence-corrected chi connectivity index (χ4v) is 2.49. The van der Waals surface area contributed by atoms with Crippen LogP contribution >= 0.6 is 0 Å². The van der Waals surface area contributed by atoms with Crippen molar-refractivity contribution in [2.24, 2.45) is 5.92 Å². The number of rotatable bonds is 6. The molecule has 0 bridgehead atoms. The van der Waals surface area contributed by atoms with Gasteiger partial charge in [0.05, 0.1) is 6.10 Å². The number of nitrogens with one attached hydrogen (secondary N) is 1. The van der Waals surface area contributed by atoms with Crippen molar-refractivity contribution in [2.75, 3.05) is 31.5 Å². The van der Waals surface area contributed by atoms with E-state index in [1.165, 1.54) is 25.9 Å². The lowest BCUT2D eigenvalue weighted by Gasteiger charge is -2.30. The van der Waals surface area contributed by atoms with Gasteiger partial charge in [-0.25, -0.2) is 4.98 Å². The molecule has 0 aliphatic carbocycles. The first-order valence-electron chi connectivity index (χ1n) is 7.73. The summed E-state index contributed by atoms with van der Waals surface area (Å²) in [5.41, 5.74) is 0. The Hall–Kier alpha value is -1.29. The normalized spacial score (nSPS) is 17.4. The molecule has 2 heterocycles. The maximum absolute atomic E-state index is 5.76. The number of likely N-dealkylation sites (tertiary alicyclic amines) is 1. The molecule has 0 aromatic carbocycles. The molecule has 0 atom stereocenters. The minimum Gasteiger partial charge on any atom is -0.487 e. The van der Waals surface area contributed by atoms with E-state index in [9.17, 15) is 0 Å². The smallest absolute Gasteiger partial charge is 0.168 e. The Balaban J connectivity index is 1.79. The lowest BCUT2D eigenvalue weighted by Crippen LogP contribution is -2.36. The first-order valence-corrected chi connectivity index (χ1v) is 7.73. The number of aromatic nitrogens is 1. The molecule has 1 saturated heterocycles. The van der Waals surface area contributed by atoms with Gasteiger partial charge in [0.1, 0.15) is 0 Å². The number of nitrogens with zero attached hydrogens (tertiary/aromatic N) is 2. The minimum atomic E-state index is 0.170. The number of anilines is 1. The molecule has 1 aromatic rings. The zero-order valence-corrected chi connectivity index (χ0v) is 12.9. The van der Waals surface area contributed by atoms with E-state index in [2.05, 4.69) is 22.1 Å². The molecule has 1 fully saturated rings. The van der Waals surface area contributed by atoms with E-state index < -0.39 is 0 Å². The molecule has 4 heteroatoms. The molecular formula is C16H27N3O. The number of hydrogen-bond donors (Lipinski definition) is 1. The van der Waals surface area contributed by atoms with Crippen LogP contribution in [0.15, 0.2) is 18.3 Å². The summed E-state index contributed by atoms with van der Waals surface area (Å²) in [6.07, 6.45) is 4.62. The van der Waals surface area contributed by atoms with Crippen molar-refractivity contribution in [3.63, 3.8) is 0 Å². The fraction of sp³-hybridized carbons (Fsp3) is 0.688. The molecule has 20 heavy (non-hydrogen) atoms. The van der Waals surface area contributed by atoms with E-state index in [4.69, 9.17) is 4.74 Å². The predicted molar refractivity (Wildman–Crippen MR) is 83.3 cm³/mol. The average molecular weight is 277 g/mol. The van der Waals surface area contributed by atoms with E-state index in [1.807, 2.05) is 26.0 Å². The van der Waals surface area contributed by atoms with Gasteiger partial charge in [-0.15, -0.1) is 0 Å². The maximum Gasteiger partial charge on any atom is 0.168 e. The summed E-state index contributed by atoms with van der Waals surface area (Å²) in [6, 6.07) is 3.88. The summed E-state index contributed by atoms with van der Waals surface area (Å²) >= 11 is 0. The molecule has 1 N–H and O–H groups in total. The average Bonchev–Trinajstić information content (AvgIpc) is 2.42. The van der Waals surface area contributed by atoms with Crippen LogP contribution in [0, 0.1) is 5.92 Å². The van der Waals surface area contributed by atoms with Gasteiger partial charge in [-0.1, -0.05) is 6.92 Å². The van der Waals surface area contributed by atoms with Gasteiger partial charge in [0.25, 0.3) is 0 Å². The first kappa shape index (κ1) is 15.1. The van der Waals surface area contributed by atoms with E-state index in [1.54, 1.807) is 6.20 Å². The molecule has 4 nitrogen and oxygen atoms in total. The second-order valence-electron chi connectivity index (χ2n) is 5.97.